The first-order chi connectivity index (χ1) is 10.3. The Kier molecular flexibility index (Phi) is 7.36. The third-order valence-corrected chi connectivity index (χ3v) is 3.61. The van der Waals surface area contributed by atoms with Gasteiger partial charge in [0.25, 0.3) is 0 Å². The summed E-state index contributed by atoms with van der Waals surface area (Å²) in [4.78, 5) is 8.62. The van der Waals surface area contributed by atoms with Gasteiger partial charge in [0, 0.05) is 31.5 Å². The molecular formula is C18H32N4. The zero-order valence-electron chi connectivity index (χ0n) is 15.0. The second-order valence-electron chi connectivity index (χ2n) is 7.20. The molecule has 0 bridgehead atoms. The summed E-state index contributed by atoms with van der Waals surface area (Å²) < 4.78 is 0. The molecule has 0 aliphatic rings. The summed E-state index contributed by atoms with van der Waals surface area (Å²) in [7, 11) is 1.82. The van der Waals surface area contributed by atoms with E-state index in [1.807, 2.05) is 20.2 Å². The van der Waals surface area contributed by atoms with Crippen LogP contribution in [0.25, 0.3) is 0 Å². The zero-order chi connectivity index (χ0) is 16.6. The van der Waals surface area contributed by atoms with Crippen LogP contribution in [-0.4, -0.2) is 30.6 Å². The summed E-state index contributed by atoms with van der Waals surface area (Å²) in [6.45, 7) is 11.9. The largest absolute Gasteiger partial charge is 0.356 e. The lowest BCUT2D eigenvalue weighted by Crippen LogP contribution is -2.43. The molecule has 4 nitrogen and oxygen atoms in total. The minimum atomic E-state index is 0.380. The molecular weight excluding hydrogens is 272 g/mol. The lowest BCUT2D eigenvalue weighted by molar-refractivity contribution is 0.346. The molecule has 1 unspecified atom stereocenters. The Morgan fingerprint density at radius 1 is 1.32 bits per heavy atom. The highest BCUT2D eigenvalue weighted by molar-refractivity contribution is 5.79. The number of hydrogen-bond donors (Lipinski definition) is 2. The van der Waals surface area contributed by atoms with Crippen LogP contribution in [0.4, 0.5) is 0 Å². The van der Waals surface area contributed by atoms with E-state index in [0.29, 0.717) is 11.5 Å². The predicted octanol–water partition coefficient (Wildman–Crippen LogP) is 3.31. The number of nitrogens with zero attached hydrogens (tertiary/aromatic N) is 2. The fraction of sp³-hybridized carbons (Fsp3) is 0.667. The molecule has 1 heterocycles. The summed E-state index contributed by atoms with van der Waals surface area (Å²) in [5, 5.41) is 6.83. The van der Waals surface area contributed by atoms with Crippen LogP contribution in [0.5, 0.6) is 0 Å². The van der Waals surface area contributed by atoms with Gasteiger partial charge in [0.2, 0.25) is 0 Å². The topological polar surface area (TPSA) is 49.3 Å². The van der Waals surface area contributed by atoms with Crippen molar-refractivity contribution in [2.75, 3.05) is 13.6 Å². The highest BCUT2D eigenvalue weighted by Gasteiger charge is 2.13. The van der Waals surface area contributed by atoms with E-state index < -0.39 is 0 Å². The molecule has 0 saturated heterocycles. The number of aryl methyl sites for hydroxylation is 1. The van der Waals surface area contributed by atoms with Crippen molar-refractivity contribution in [1.82, 2.24) is 15.6 Å². The number of pyridine rings is 1. The molecule has 0 amide bonds. The summed E-state index contributed by atoms with van der Waals surface area (Å²) in [6, 6.07) is 4.61. The molecule has 2 N–H and O–H groups in total. The van der Waals surface area contributed by atoms with Crippen molar-refractivity contribution in [3.63, 3.8) is 0 Å². The molecule has 0 saturated carbocycles. The summed E-state index contributed by atoms with van der Waals surface area (Å²) >= 11 is 0. The van der Waals surface area contributed by atoms with Crippen molar-refractivity contribution in [3.8, 4) is 0 Å². The van der Waals surface area contributed by atoms with Crippen molar-refractivity contribution in [2.45, 2.75) is 59.9 Å². The Balaban J connectivity index is 2.31. The van der Waals surface area contributed by atoms with Crippen LogP contribution >= 0.6 is 0 Å². The van der Waals surface area contributed by atoms with Crippen molar-refractivity contribution in [2.24, 2.45) is 10.4 Å². The second-order valence-corrected chi connectivity index (χ2v) is 7.20. The molecule has 1 aromatic heterocycles. The number of guanidine groups is 1. The van der Waals surface area contributed by atoms with E-state index in [0.717, 1.165) is 31.0 Å². The van der Waals surface area contributed by atoms with E-state index in [9.17, 15) is 0 Å². The first-order valence-corrected chi connectivity index (χ1v) is 8.19. The summed E-state index contributed by atoms with van der Waals surface area (Å²) in [6.07, 6.45) is 5.24. The number of aromatic nitrogens is 1. The van der Waals surface area contributed by atoms with E-state index in [1.54, 1.807) is 0 Å². The van der Waals surface area contributed by atoms with E-state index in [2.05, 4.69) is 60.4 Å². The minimum Gasteiger partial charge on any atom is -0.356 e. The first kappa shape index (κ1) is 18.5. The Morgan fingerprint density at radius 3 is 2.59 bits per heavy atom. The molecule has 22 heavy (non-hydrogen) atoms. The van der Waals surface area contributed by atoms with Crippen LogP contribution in [-0.2, 0) is 6.42 Å². The molecule has 0 radical (unpaired) electrons. The molecule has 1 rings (SSSR count). The zero-order valence-corrected chi connectivity index (χ0v) is 15.0. The minimum absolute atomic E-state index is 0.380. The van der Waals surface area contributed by atoms with E-state index in [4.69, 9.17) is 0 Å². The van der Waals surface area contributed by atoms with E-state index in [1.165, 1.54) is 12.0 Å². The standard InChI is InChI=1S/C18H32N4/c1-14-7-8-16(13-21-14)10-12-20-17(19-6)22-15(2)9-11-18(3,4)5/h7-8,13,15H,9-12H2,1-6H3,(H2,19,20,22). The van der Waals surface area contributed by atoms with Gasteiger partial charge in [0.05, 0.1) is 0 Å². The van der Waals surface area contributed by atoms with Crippen LogP contribution in [0.2, 0.25) is 0 Å². The fourth-order valence-electron chi connectivity index (χ4n) is 2.12. The van der Waals surface area contributed by atoms with Gasteiger partial charge in [-0.05, 0) is 50.2 Å². The van der Waals surface area contributed by atoms with E-state index in [-0.39, 0.29) is 0 Å². The maximum absolute atomic E-state index is 4.32. The summed E-state index contributed by atoms with van der Waals surface area (Å²) in [5.74, 6) is 0.876. The molecule has 124 valence electrons. The smallest absolute Gasteiger partial charge is 0.191 e. The average molecular weight is 304 g/mol. The van der Waals surface area contributed by atoms with Crippen molar-refractivity contribution in [1.29, 1.82) is 0 Å². The normalized spacial score (nSPS) is 13.8. The maximum Gasteiger partial charge on any atom is 0.191 e. The molecule has 1 atom stereocenters. The molecule has 0 fully saturated rings. The van der Waals surface area contributed by atoms with Crippen LogP contribution in [0.15, 0.2) is 23.3 Å². The quantitative estimate of drug-likeness (QED) is 0.626. The maximum atomic E-state index is 4.32. The lowest BCUT2D eigenvalue weighted by atomic mass is 9.89. The van der Waals surface area contributed by atoms with Gasteiger partial charge in [0.15, 0.2) is 5.96 Å². The number of nitrogens with one attached hydrogen (secondary N) is 2. The lowest BCUT2D eigenvalue weighted by Gasteiger charge is -2.23. The van der Waals surface area contributed by atoms with Crippen molar-refractivity contribution < 1.29 is 0 Å². The van der Waals surface area contributed by atoms with Gasteiger partial charge >= 0.3 is 0 Å². The number of hydrogen-bond acceptors (Lipinski definition) is 2. The number of rotatable bonds is 6. The Labute approximate surface area is 135 Å². The molecule has 1 aromatic rings. The second kappa shape index (κ2) is 8.76. The highest BCUT2D eigenvalue weighted by atomic mass is 15.2. The van der Waals surface area contributed by atoms with Gasteiger partial charge in [-0.15, -0.1) is 0 Å². The van der Waals surface area contributed by atoms with Gasteiger partial charge in [-0.1, -0.05) is 26.8 Å². The van der Waals surface area contributed by atoms with E-state index >= 15 is 0 Å². The highest BCUT2D eigenvalue weighted by Crippen LogP contribution is 2.21. The molecule has 0 spiro atoms. The molecule has 0 aromatic carbocycles. The van der Waals surface area contributed by atoms with Crippen LogP contribution in [0.3, 0.4) is 0 Å². The third-order valence-electron chi connectivity index (χ3n) is 3.61. The van der Waals surface area contributed by atoms with Crippen molar-refractivity contribution in [3.05, 3.63) is 29.6 Å². The van der Waals surface area contributed by atoms with Gasteiger partial charge in [0.1, 0.15) is 0 Å². The molecule has 0 aliphatic carbocycles. The van der Waals surface area contributed by atoms with Crippen LogP contribution in [0.1, 0.15) is 51.8 Å². The van der Waals surface area contributed by atoms with Crippen molar-refractivity contribution >= 4 is 5.96 Å². The van der Waals surface area contributed by atoms with Gasteiger partial charge in [-0.2, -0.15) is 0 Å². The molecule has 4 heteroatoms. The van der Waals surface area contributed by atoms with Gasteiger partial charge < -0.3 is 10.6 Å². The Bertz CT molecular complexity index is 457. The summed E-state index contributed by atoms with van der Waals surface area (Å²) in [5.41, 5.74) is 2.68. The predicted molar refractivity (Wildman–Crippen MR) is 95.3 cm³/mol. The third kappa shape index (κ3) is 8.01. The molecule has 0 aliphatic heterocycles. The number of aliphatic imine (C=N–C) groups is 1. The van der Waals surface area contributed by atoms with Gasteiger partial charge in [-0.3, -0.25) is 9.98 Å². The van der Waals surface area contributed by atoms with Crippen LogP contribution in [0, 0.1) is 12.3 Å². The monoisotopic (exact) mass is 304 g/mol. The first-order valence-electron chi connectivity index (χ1n) is 8.19. The fourth-order valence-corrected chi connectivity index (χ4v) is 2.12. The SMILES string of the molecule is CN=C(NCCc1ccc(C)nc1)NC(C)CCC(C)(C)C. The van der Waals surface area contributed by atoms with Gasteiger partial charge in [-0.25, -0.2) is 0 Å². The Hall–Kier alpha value is -1.58. The Morgan fingerprint density at radius 2 is 2.05 bits per heavy atom. The van der Waals surface area contributed by atoms with Crippen LogP contribution < -0.4 is 10.6 Å². The average Bonchev–Trinajstić information content (AvgIpc) is 2.45.